The van der Waals surface area contributed by atoms with Gasteiger partial charge in [0.2, 0.25) is 0 Å². The molecule has 0 aliphatic rings. The molecule has 0 saturated heterocycles. The Kier molecular flexibility index (Phi) is 5.50. The second-order valence-electron chi connectivity index (χ2n) is 8.74. The molecule has 37 heavy (non-hydrogen) atoms. The van der Waals surface area contributed by atoms with Crippen molar-refractivity contribution in [2.24, 2.45) is 0 Å². The van der Waals surface area contributed by atoms with Crippen LogP contribution in [0.25, 0.3) is 33.1 Å². The fraction of sp³-hybridized carbons (Fsp3) is 0.0769. The second kappa shape index (κ2) is 8.99. The van der Waals surface area contributed by atoms with Gasteiger partial charge in [-0.05, 0) is 42.3 Å². The Hall–Kier alpha value is -4.83. The largest absolute Gasteiger partial charge is 0.382 e. The molecule has 10 nitrogen and oxygen atoms in total. The van der Waals surface area contributed by atoms with Crippen LogP contribution in [0, 0.1) is 0 Å². The van der Waals surface area contributed by atoms with E-state index in [0.717, 1.165) is 27.5 Å². The first kappa shape index (κ1) is 22.6. The first-order valence-corrected chi connectivity index (χ1v) is 11.9. The molecule has 0 spiro atoms. The quantitative estimate of drug-likeness (QED) is 0.194. The number of carbonyl (C=O) groups is 1. The number of rotatable bonds is 6. The topological polar surface area (TPSA) is 167 Å². The number of H-pyrrole nitrogens is 3. The lowest BCUT2D eigenvalue weighted by atomic mass is 10.0. The third-order valence-corrected chi connectivity index (χ3v) is 6.59. The van der Waals surface area contributed by atoms with E-state index in [0.29, 0.717) is 45.7 Å². The lowest BCUT2D eigenvalue weighted by molar-refractivity contribution is 0.0935. The highest BCUT2D eigenvalue weighted by Gasteiger charge is 2.23. The Balaban J connectivity index is 1.35. The summed E-state index contributed by atoms with van der Waals surface area (Å²) in [5, 5.41) is 18.8. The van der Waals surface area contributed by atoms with Gasteiger partial charge < -0.3 is 21.8 Å². The summed E-state index contributed by atoms with van der Waals surface area (Å²) in [6.07, 6.45) is 0.502. The molecule has 0 unspecified atom stereocenters. The molecule has 1 amide bonds. The second-order valence-corrected chi connectivity index (χ2v) is 9.12. The van der Waals surface area contributed by atoms with Gasteiger partial charge in [-0.1, -0.05) is 48.0 Å². The van der Waals surface area contributed by atoms with Crippen molar-refractivity contribution >= 4 is 50.9 Å². The summed E-state index contributed by atoms with van der Waals surface area (Å²) in [4.78, 5) is 21.3. The number of carbonyl (C=O) groups excluding carboxylic acids is 1. The van der Waals surface area contributed by atoms with Crippen LogP contribution in [0.2, 0.25) is 5.15 Å². The minimum atomic E-state index is -0.481. The number of hydrogen-bond acceptors (Lipinski definition) is 6. The summed E-state index contributed by atoms with van der Waals surface area (Å²) in [6, 6.07) is 20.2. The monoisotopic (exact) mass is 511 g/mol. The van der Waals surface area contributed by atoms with Crippen LogP contribution in [0.1, 0.15) is 27.8 Å². The van der Waals surface area contributed by atoms with E-state index in [9.17, 15) is 4.79 Å². The number of aromatic nitrogens is 6. The number of fused-ring (bicyclic) bond motifs is 2. The summed E-state index contributed by atoms with van der Waals surface area (Å²) in [7, 11) is 0. The van der Waals surface area contributed by atoms with Gasteiger partial charge in [-0.3, -0.25) is 15.0 Å². The predicted molar refractivity (Wildman–Crippen MR) is 144 cm³/mol. The lowest BCUT2D eigenvalue weighted by Gasteiger charge is -2.17. The third-order valence-electron chi connectivity index (χ3n) is 6.32. The standard InChI is InChI=1S/C26H22ClN9O/c27-22-21(14-6-8-16-19(12-14)34-35-23(16)28)31-25(32-22)20(10-13-4-2-1-3-5-13)30-26(37)15-7-9-18-17(11-15)24(29)36-33-18/h1-9,11-12,20H,10H2,(H,30,37)(H,31,32)(H3,28,34,35)(H3,29,33,36)/t20-/m0/s1. The maximum absolute atomic E-state index is 13.3. The smallest absolute Gasteiger partial charge is 0.251 e. The molecular formula is C26H22ClN9O. The van der Waals surface area contributed by atoms with Crippen molar-refractivity contribution < 1.29 is 4.79 Å². The first-order valence-electron chi connectivity index (χ1n) is 11.5. The number of nitrogen functional groups attached to an aromatic ring is 2. The van der Waals surface area contributed by atoms with E-state index in [1.807, 2.05) is 48.5 Å². The molecule has 0 aliphatic carbocycles. The fourth-order valence-corrected chi connectivity index (χ4v) is 4.64. The van der Waals surface area contributed by atoms with Crippen molar-refractivity contribution in [2.75, 3.05) is 11.5 Å². The minimum absolute atomic E-state index is 0.271. The van der Waals surface area contributed by atoms with Crippen molar-refractivity contribution in [3.8, 4) is 11.3 Å². The molecule has 3 aromatic carbocycles. The van der Waals surface area contributed by atoms with Crippen LogP contribution in [-0.4, -0.2) is 36.3 Å². The van der Waals surface area contributed by atoms with Crippen LogP contribution < -0.4 is 16.8 Å². The Morgan fingerprint density at radius 2 is 1.68 bits per heavy atom. The number of nitrogens with zero attached hydrogens (tertiary/aromatic N) is 3. The normalized spacial score (nSPS) is 12.2. The van der Waals surface area contributed by atoms with Crippen LogP contribution in [0.4, 0.5) is 11.6 Å². The molecule has 11 heteroatoms. The molecule has 3 aromatic heterocycles. The summed E-state index contributed by atoms with van der Waals surface area (Å²) < 4.78 is 0. The Morgan fingerprint density at radius 1 is 0.919 bits per heavy atom. The fourth-order valence-electron chi connectivity index (χ4n) is 4.40. The number of anilines is 2. The lowest BCUT2D eigenvalue weighted by Crippen LogP contribution is -2.30. The van der Waals surface area contributed by atoms with Crippen LogP contribution in [0.5, 0.6) is 0 Å². The molecule has 6 aromatic rings. The van der Waals surface area contributed by atoms with Gasteiger partial charge in [0.15, 0.2) is 11.6 Å². The van der Waals surface area contributed by atoms with Gasteiger partial charge in [0, 0.05) is 21.9 Å². The van der Waals surface area contributed by atoms with Crippen LogP contribution in [0.3, 0.4) is 0 Å². The average Bonchev–Trinajstić information content (AvgIpc) is 3.60. The average molecular weight is 512 g/mol. The molecule has 3 heterocycles. The van der Waals surface area contributed by atoms with Gasteiger partial charge in [-0.2, -0.15) is 10.2 Å². The summed E-state index contributed by atoms with van der Waals surface area (Å²) in [6.45, 7) is 0. The molecule has 184 valence electrons. The van der Waals surface area contributed by atoms with E-state index >= 15 is 0 Å². The maximum Gasteiger partial charge on any atom is 0.251 e. The van der Waals surface area contributed by atoms with Crippen LogP contribution >= 0.6 is 11.6 Å². The number of nitrogens with two attached hydrogens (primary N) is 2. The molecule has 0 fully saturated rings. The van der Waals surface area contributed by atoms with Crippen LogP contribution in [-0.2, 0) is 6.42 Å². The molecule has 6 rings (SSSR count). The van der Waals surface area contributed by atoms with Gasteiger partial charge in [0.1, 0.15) is 16.7 Å². The van der Waals surface area contributed by atoms with E-state index in [1.165, 1.54) is 0 Å². The van der Waals surface area contributed by atoms with Gasteiger partial charge in [0.05, 0.1) is 17.1 Å². The molecule has 1 atom stereocenters. The Labute approximate surface area is 215 Å². The van der Waals surface area contributed by atoms with Crippen LogP contribution in [0.15, 0.2) is 66.7 Å². The Bertz CT molecular complexity index is 1750. The molecule has 0 saturated carbocycles. The summed E-state index contributed by atoms with van der Waals surface area (Å²) >= 11 is 6.60. The van der Waals surface area contributed by atoms with E-state index in [4.69, 9.17) is 28.1 Å². The van der Waals surface area contributed by atoms with Crippen molar-refractivity contribution in [1.29, 1.82) is 0 Å². The van der Waals surface area contributed by atoms with Crippen molar-refractivity contribution in [2.45, 2.75) is 12.5 Å². The van der Waals surface area contributed by atoms with Gasteiger partial charge >= 0.3 is 0 Å². The van der Waals surface area contributed by atoms with Crippen molar-refractivity contribution in [3.63, 3.8) is 0 Å². The maximum atomic E-state index is 13.3. The van der Waals surface area contributed by atoms with Gasteiger partial charge in [-0.25, -0.2) is 4.98 Å². The first-order chi connectivity index (χ1) is 18.0. The van der Waals surface area contributed by atoms with Crippen molar-refractivity contribution in [1.82, 2.24) is 35.7 Å². The van der Waals surface area contributed by atoms with E-state index in [1.54, 1.807) is 18.2 Å². The highest BCUT2D eigenvalue weighted by atomic mass is 35.5. The zero-order valence-corrected chi connectivity index (χ0v) is 20.2. The van der Waals surface area contributed by atoms with Crippen molar-refractivity contribution in [3.05, 3.63) is 88.8 Å². The number of aromatic amines is 3. The number of hydrogen-bond donors (Lipinski definition) is 6. The number of halogens is 1. The molecule has 8 N–H and O–H groups in total. The van der Waals surface area contributed by atoms with Gasteiger partial charge in [0.25, 0.3) is 5.91 Å². The third kappa shape index (κ3) is 4.23. The van der Waals surface area contributed by atoms with E-state index in [-0.39, 0.29) is 5.91 Å². The zero-order chi connectivity index (χ0) is 25.5. The molecule has 0 radical (unpaired) electrons. The molecular weight excluding hydrogens is 490 g/mol. The highest BCUT2D eigenvalue weighted by Crippen LogP contribution is 2.31. The van der Waals surface area contributed by atoms with E-state index < -0.39 is 6.04 Å². The zero-order valence-electron chi connectivity index (χ0n) is 19.4. The highest BCUT2D eigenvalue weighted by molar-refractivity contribution is 6.32. The molecule has 0 aliphatic heterocycles. The number of amides is 1. The number of nitrogens with one attached hydrogen (secondary N) is 4. The predicted octanol–water partition coefficient (Wildman–Crippen LogP) is 4.36. The number of imidazole rings is 1. The summed E-state index contributed by atoms with van der Waals surface area (Å²) in [5.74, 6) is 1.03. The Morgan fingerprint density at radius 3 is 2.49 bits per heavy atom. The minimum Gasteiger partial charge on any atom is -0.382 e. The summed E-state index contributed by atoms with van der Waals surface area (Å²) in [5.41, 5.74) is 16.2. The van der Waals surface area contributed by atoms with Gasteiger partial charge in [-0.15, -0.1) is 0 Å². The molecule has 0 bridgehead atoms. The number of benzene rings is 3. The van der Waals surface area contributed by atoms with E-state index in [2.05, 4.69) is 30.7 Å². The SMILES string of the molecule is Nc1n[nH]c2cc(-c3nc([C@H](Cc4ccccc4)NC(=O)c4ccc5[nH]nc(N)c5c4)[nH]c3Cl)ccc12.